The van der Waals surface area contributed by atoms with Gasteiger partial charge in [0.15, 0.2) is 0 Å². The molecule has 0 unspecified atom stereocenters. The molecule has 0 aliphatic carbocycles. The first-order chi connectivity index (χ1) is 6.45. The Hall–Kier alpha value is -0.540. The lowest BCUT2D eigenvalue weighted by Gasteiger charge is -2.32. The van der Waals surface area contributed by atoms with Crippen LogP contribution in [0, 0.1) is 0 Å². The van der Waals surface area contributed by atoms with E-state index >= 15 is 0 Å². The van der Waals surface area contributed by atoms with E-state index in [2.05, 4.69) is 32.8 Å². The normalized spacial score (nSPS) is 10.4. The minimum absolute atomic E-state index is 0. The lowest BCUT2D eigenvalue weighted by atomic mass is 10.3. The molecule has 4 heteroatoms. The summed E-state index contributed by atoms with van der Waals surface area (Å²) in [5.74, 6) is -0.0382. The van der Waals surface area contributed by atoms with E-state index in [9.17, 15) is 4.79 Å². The van der Waals surface area contributed by atoms with E-state index < -0.39 is 0 Å². The molecule has 0 bridgehead atoms. The van der Waals surface area contributed by atoms with Gasteiger partial charge in [0, 0.05) is 5.57 Å². The molecule has 0 fully saturated rings. The molecule has 1 amide bonds. The molecule has 0 radical (unpaired) electrons. The first kappa shape index (κ1) is 16.9. The average Bonchev–Trinajstić information content (AvgIpc) is 2.17. The molecular weight excluding hydrogens is 212 g/mol. The maximum atomic E-state index is 11.2. The molecule has 90 valence electrons. The molecule has 3 nitrogen and oxygen atoms in total. The van der Waals surface area contributed by atoms with Gasteiger partial charge in [-0.3, -0.25) is 4.79 Å². The lowest BCUT2D eigenvalue weighted by Crippen LogP contribution is -3.00. The number of quaternary nitrogens is 1. The van der Waals surface area contributed by atoms with Gasteiger partial charge >= 0.3 is 0 Å². The molecule has 0 aliphatic rings. The average molecular weight is 235 g/mol. The number of carbonyl (C=O) groups is 1. The minimum Gasteiger partial charge on any atom is -1.00 e. The summed E-state index contributed by atoms with van der Waals surface area (Å²) in [7, 11) is 2.20. The molecule has 0 saturated heterocycles. The van der Waals surface area contributed by atoms with Crippen molar-refractivity contribution in [3.05, 3.63) is 12.2 Å². The van der Waals surface area contributed by atoms with Crippen molar-refractivity contribution in [2.75, 3.05) is 33.2 Å². The lowest BCUT2D eigenvalue weighted by molar-refractivity contribution is -0.904. The van der Waals surface area contributed by atoms with Gasteiger partial charge in [0.05, 0.1) is 33.2 Å². The fourth-order valence-corrected chi connectivity index (χ4v) is 1.13. The van der Waals surface area contributed by atoms with Crippen LogP contribution < -0.4 is 17.7 Å². The molecule has 0 aromatic carbocycles. The van der Waals surface area contributed by atoms with Gasteiger partial charge in [-0.05, 0) is 20.8 Å². The zero-order chi connectivity index (χ0) is 11.2. The molecule has 0 saturated carbocycles. The van der Waals surface area contributed by atoms with Crippen molar-refractivity contribution < 1.29 is 21.7 Å². The molecule has 0 aliphatic heterocycles. The third-order valence-electron chi connectivity index (χ3n) is 2.85. The van der Waals surface area contributed by atoms with E-state index in [1.165, 1.54) is 0 Å². The fraction of sp³-hybridized carbons (Fsp3) is 0.727. The van der Waals surface area contributed by atoms with Crippen molar-refractivity contribution in [1.82, 2.24) is 5.32 Å². The summed E-state index contributed by atoms with van der Waals surface area (Å²) in [6.45, 7) is 13.6. The van der Waals surface area contributed by atoms with Gasteiger partial charge in [-0.25, -0.2) is 0 Å². The van der Waals surface area contributed by atoms with Gasteiger partial charge in [0.1, 0.15) is 0 Å². The highest BCUT2D eigenvalue weighted by atomic mass is 35.5. The van der Waals surface area contributed by atoms with Gasteiger partial charge < -0.3 is 22.2 Å². The number of amides is 1. The molecule has 0 spiro atoms. The Morgan fingerprint density at radius 1 is 1.33 bits per heavy atom. The summed E-state index contributed by atoms with van der Waals surface area (Å²) >= 11 is 0. The van der Waals surface area contributed by atoms with Gasteiger partial charge in [0.25, 0.3) is 0 Å². The van der Waals surface area contributed by atoms with Gasteiger partial charge in [-0.1, -0.05) is 6.58 Å². The zero-order valence-corrected chi connectivity index (χ0v) is 11.0. The van der Waals surface area contributed by atoms with Crippen molar-refractivity contribution in [2.45, 2.75) is 20.8 Å². The largest absolute Gasteiger partial charge is 1.00 e. The number of carbonyl (C=O) groups excluding carboxylic acids is 1. The minimum atomic E-state index is -0.0382. The standard InChI is InChI=1S/C11H22N2O.ClH/c1-6-13(5,7-2)9-8-12-11(14)10(3)4;/h3,6-9H2,1-2,4-5H3;1H. The number of hydrogen-bond donors (Lipinski definition) is 1. The van der Waals surface area contributed by atoms with Crippen molar-refractivity contribution >= 4 is 5.91 Å². The van der Waals surface area contributed by atoms with Gasteiger partial charge in [-0.2, -0.15) is 0 Å². The summed E-state index contributed by atoms with van der Waals surface area (Å²) in [6, 6.07) is 0. The van der Waals surface area contributed by atoms with Crippen LogP contribution in [0.15, 0.2) is 12.2 Å². The van der Waals surface area contributed by atoms with E-state index in [0.29, 0.717) is 5.57 Å². The second-order valence-electron chi connectivity index (χ2n) is 4.01. The maximum absolute atomic E-state index is 11.2. The van der Waals surface area contributed by atoms with Gasteiger partial charge in [-0.15, -0.1) is 0 Å². The number of nitrogens with one attached hydrogen (secondary N) is 1. The zero-order valence-electron chi connectivity index (χ0n) is 10.3. The number of nitrogens with zero attached hydrogens (tertiary/aromatic N) is 1. The number of likely N-dealkylation sites (N-methyl/N-ethyl adjacent to an activating group) is 1. The van der Waals surface area contributed by atoms with E-state index in [1.54, 1.807) is 6.92 Å². The van der Waals surface area contributed by atoms with Crippen molar-refractivity contribution in [1.29, 1.82) is 0 Å². The topological polar surface area (TPSA) is 29.1 Å². The number of rotatable bonds is 6. The summed E-state index contributed by atoms with van der Waals surface area (Å²) in [5.41, 5.74) is 0.576. The van der Waals surface area contributed by atoms with Crippen LogP contribution in [0.5, 0.6) is 0 Å². The second-order valence-corrected chi connectivity index (χ2v) is 4.01. The molecule has 15 heavy (non-hydrogen) atoms. The van der Waals surface area contributed by atoms with Crippen LogP contribution in [0.3, 0.4) is 0 Å². The highest BCUT2D eigenvalue weighted by molar-refractivity contribution is 5.91. The Morgan fingerprint density at radius 3 is 2.13 bits per heavy atom. The summed E-state index contributed by atoms with van der Waals surface area (Å²) in [6.07, 6.45) is 0. The molecule has 0 aromatic heterocycles. The van der Waals surface area contributed by atoms with Crippen LogP contribution in [0.2, 0.25) is 0 Å². The predicted octanol–water partition coefficient (Wildman–Crippen LogP) is -1.83. The molecule has 0 rings (SSSR count). The van der Waals surface area contributed by atoms with Gasteiger partial charge in [0.2, 0.25) is 5.91 Å². The second kappa shape index (κ2) is 7.71. The quantitative estimate of drug-likeness (QED) is 0.425. The number of hydrogen-bond acceptors (Lipinski definition) is 1. The summed E-state index contributed by atoms with van der Waals surface area (Å²) < 4.78 is 0.996. The molecule has 1 N–H and O–H groups in total. The molecular formula is C11H23ClN2O. The van der Waals surface area contributed by atoms with Crippen LogP contribution >= 0.6 is 0 Å². The smallest absolute Gasteiger partial charge is 0.246 e. The predicted molar refractivity (Wildman–Crippen MR) is 60.0 cm³/mol. The Labute approximate surface area is 99.5 Å². The third kappa shape index (κ3) is 6.52. The molecule has 0 heterocycles. The Kier molecular flexibility index (Phi) is 8.68. The Bertz CT molecular complexity index is 213. The molecule has 0 atom stereocenters. The van der Waals surface area contributed by atoms with Crippen molar-refractivity contribution in [2.24, 2.45) is 0 Å². The van der Waals surface area contributed by atoms with Crippen LogP contribution in [0.25, 0.3) is 0 Å². The Morgan fingerprint density at radius 2 is 1.80 bits per heavy atom. The number of halogens is 1. The Balaban J connectivity index is 0. The van der Waals surface area contributed by atoms with Crippen molar-refractivity contribution in [3.8, 4) is 0 Å². The molecule has 0 aromatic rings. The van der Waals surface area contributed by atoms with E-state index in [-0.39, 0.29) is 18.3 Å². The van der Waals surface area contributed by atoms with Crippen LogP contribution in [0.4, 0.5) is 0 Å². The van der Waals surface area contributed by atoms with E-state index in [0.717, 1.165) is 30.7 Å². The van der Waals surface area contributed by atoms with Crippen LogP contribution in [-0.4, -0.2) is 43.6 Å². The van der Waals surface area contributed by atoms with Crippen LogP contribution in [-0.2, 0) is 4.79 Å². The van der Waals surface area contributed by atoms with Crippen molar-refractivity contribution in [3.63, 3.8) is 0 Å². The fourth-order valence-electron chi connectivity index (χ4n) is 1.13. The summed E-state index contributed by atoms with van der Waals surface area (Å²) in [5, 5.41) is 2.85. The first-order valence-corrected chi connectivity index (χ1v) is 5.22. The third-order valence-corrected chi connectivity index (χ3v) is 2.85. The van der Waals surface area contributed by atoms with E-state index in [1.807, 2.05) is 0 Å². The summed E-state index contributed by atoms with van der Waals surface area (Å²) in [4.78, 5) is 11.2. The monoisotopic (exact) mass is 234 g/mol. The first-order valence-electron chi connectivity index (χ1n) is 5.22. The van der Waals surface area contributed by atoms with E-state index in [4.69, 9.17) is 0 Å². The highest BCUT2D eigenvalue weighted by Crippen LogP contribution is 1.99. The van der Waals surface area contributed by atoms with Crippen LogP contribution in [0.1, 0.15) is 20.8 Å². The maximum Gasteiger partial charge on any atom is 0.246 e. The SMILES string of the molecule is C=C(C)C(=O)NCC[N+](C)(CC)CC.[Cl-]. The highest BCUT2D eigenvalue weighted by Gasteiger charge is 2.15.